The van der Waals surface area contributed by atoms with Crippen LogP contribution in [0, 0.1) is 0 Å². The van der Waals surface area contributed by atoms with Crippen LogP contribution in [-0.4, -0.2) is 30.4 Å². The van der Waals surface area contributed by atoms with Gasteiger partial charge in [0.15, 0.2) is 16.6 Å². The molecule has 1 aliphatic heterocycles. The molecule has 0 atom stereocenters. The number of benzene rings is 2. The molecule has 0 fully saturated rings. The third-order valence-corrected chi connectivity index (χ3v) is 5.47. The second-order valence-corrected chi connectivity index (χ2v) is 7.70. The lowest BCUT2D eigenvalue weighted by molar-refractivity contribution is 0.102. The van der Waals surface area contributed by atoms with Crippen LogP contribution in [0.4, 0.5) is 5.13 Å². The number of hydrogen-bond donors (Lipinski definition) is 1. The summed E-state index contributed by atoms with van der Waals surface area (Å²) in [5, 5.41) is 5.36. The number of thioether (sulfide) groups is 1. The van der Waals surface area contributed by atoms with E-state index >= 15 is 0 Å². The van der Waals surface area contributed by atoms with Crippen molar-refractivity contribution in [1.29, 1.82) is 0 Å². The lowest BCUT2D eigenvalue weighted by Gasteiger charge is -2.18. The normalized spacial score (nSPS) is 12.6. The summed E-state index contributed by atoms with van der Waals surface area (Å²) in [7, 11) is 0. The molecular weight excluding hydrogens is 380 g/mol. The van der Waals surface area contributed by atoms with Crippen LogP contribution < -0.4 is 14.8 Å². The summed E-state index contributed by atoms with van der Waals surface area (Å²) in [6.07, 6.45) is 2.06. The van der Waals surface area contributed by atoms with E-state index in [0.29, 0.717) is 23.9 Å². The van der Waals surface area contributed by atoms with Crippen LogP contribution in [0.5, 0.6) is 11.5 Å². The van der Waals surface area contributed by atoms with E-state index in [1.807, 2.05) is 47.8 Å². The molecule has 0 radical (unpaired) electrons. The summed E-state index contributed by atoms with van der Waals surface area (Å²) in [5.41, 5.74) is 3.55. The summed E-state index contributed by atoms with van der Waals surface area (Å²) >= 11 is 3.15. The Balaban J connectivity index is 1.47. The number of rotatable bonds is 5. The van der Waals surface area contributed by atoms with Gasteiger partial charge in [-0.2, -0.15) is 11.8 Å². The maximum absolute atomic E-state index is 12.4. The third kappa shape index (κ3) is 4.09. The number of carbonyl (C=O) groups excluding carboxylic acids is 1. The molecule has 5 nitrogen and oxygen atoms in total. The highest BCUT2D eigenvalue weighted by Crippen LogP contribution is 2.35. The predicted octanol–water partition coefficient (Wildman–Crippen LogP) is 4.70. The molecule has 138 valence electrons. The van der Waals surface area contributed by atoms with Gasteiger partial charge in [-0.3, -0.25) is 10.1 Å². The minimum atomic E-state index is -0.159. The number of anilines is 1. The van der Waals surface area contributed by atoms with Crippen molar-refractivity contribution < 1.29 is 14.3 Å². The van der Waals surface area contributed by atoms with Crippen LogP contribution in [0.15, 0.2) is 47.8 Å². The van der Waals surface area contributed by atoms with Crippen molar-refractivity contribution in [1.82, 2.24) is 4.98 Å². The van der Waals surface area contributed by atoms with Gasteiger partial charge in [0.25, 0.3) is 5.91 Å². The first kappa shape index (κ1) is 17.9. The Morgan fingerprint density at radius 2 is 1.93 bits per heavy atom. The highest BCUT2D eigenvalue weighted by Gasteiger charge is 2.15. The van der Waals surface area contributed by atoms with Crippen LogP contribution in [-0.2, 0) is 5.75 Å². The number of aromatic nitrogens is 1. The van der Waals surface area contributed by atoms with E-state index in [2.05, 4.69) is 16.6 Å². The maximum atomic E-state index is 12.4. The molecule has 1 amide bonds. The van der Waals surface area contributed by atoms with Crippen molar-refractivity contribution in [2.75, 3.05) is 24.8 Å². The Morgan fingerprint density at radius 3 is 2.70 bits per heavy atom. The van der Waals surface area contributed by atoms with Crippen LogP contribution in [0.1, 0.15) is 15.9 Å². The van der Waals surface area contributed by atoms with Crippen LogP contribution in [0.25, 0.3) is 11.3 Å². The minimum absolute atomic E-state index is 0.159. The zero-order valence-corrected chi connectivity index (χ0v) is 16.4. The summed E-state index contributed by atoms with van der Waals surface area (Å²) in [6, 6.07) is 13.4. The average molecular weight is 399 g/mol. The molecule has 27 heavy (non-hydrogen) atoms. The first-order valence-corrected chi connectivity index (χ1v) is 10.7. The summed E-state index contributed by atoms with van der Waals surface area (Å²) < 4.78 is 11.2. The lowest BCUT2D eigenvalue weighted by Crippen LogP contribution is -2.15. The monoisotopic (exact) mass is 398 g/mol. The molecular formula is C20H18N2O3S2. The fourth-order valence-corrected chi connectivity index (χ4v) is 4.00. The standard InChI is InChI=1S/C20H18N2O3S2/c1-26-11-13-2-4-14(5-3-13)19(23)22-20-21-16(12-27-20)15-6-7-17-18(10-15)25-9-8-24-17/h2-7,10,12H,8-9,11H2,1H3,(H,21,22,23). The zero-order chi connectivity index (χ0) is 18.6. The zero-order valence-electron chi connectivity index (χ0n) is 14.7. The van der Waals surface area contributed by atoms with E-state index in [0.717, 1.165) is 28.5 Å². The van der Waals surface area contributed by atoms with Gasteiger partial charge in [0.2, 0.25) is 0 Å². The van der Waals surface area contributed by atoms with Crippen LogP contribution in [0.3, 0.4) is 0 Å². The van der Waals surface area contributed by atoms with Crippen molar-refractivity contribution >= 4 is 34.1 Å². The molecule has 2 heterocycles. The van der Waals surface area contributed by atoms with E-state index in [-0.39, 0.29) is 5.91 Å². The maximum Gasteiger partial charge on any atom is 0.257 e. The number of fused-ring (bicyclic) bond motifs is 1. The Morgan fingerprint density at radius 1 is 1.15 bits per heavy atom. The molecule has 3 aromatic rings. The van der Waals surface area contributed by atoms with Crippen molar-refractivity contribution in [2.45, 2.75) is 5.75 Å². The second kappa shape index (κ2) is 8.02. The Hall–Kier alpha value is -2.51. The molecule has 0 unspecified atom stereocenters. The summed E-state index contributed by atoms with van der Waals surface area (Å²) in [6.45, 7) is 1.11. The fraction of sp³-hybridized carbons (Fsp3) is 0.200. The molecule has 4 rings (SSSR count). The van der Waals surface area contributed by atoms with Crippen molar-refractivity contribution in [2.24, 2.45) is 0 Å². The van der Waals surface area contributed by atoms with Gasteiger partial charge in [0.1, 0.15) is 13.2 Å². The number of ether oxygens (including phenoxy) is 2. The molecule has 0 bridgehead atoms. The van der Waals surface area contributed by atoms with Crippen LogP contribution >= 0.6 is 23.1 Å². The second-order valence-electron chi connectivity index (χ2n) is 5.98. The Kier molecular flexibility index (Phi) is 5.31. The largest absolute Gasteiger partial charge is 0.486 e. The third-order valence-electron chi connectivity index (χ3n) is 4.09. The number of amides is 1. The fourth-order valence-electron chi connectivity index (χ4n) is 2.75. The first-order chi connectivity index (χ1) is 13.2. The van der Waals surface area contributed by atoms with E-state index in [9.17, 15) is 4.79 Å². The SMILES string of the molecule is CSCc1ccc(C(=O)Nc2nc(-c3ccc4c(c3)OCCO4)cs2)cc1. The molecule has 0 spiro atoms. The molecule has 0 saturated heterocycles. The summed E-state index contributed by atoms with van der Waals surface area (Å²) in [5.74, 6) is 2.25. The van der Waals surface area contributed by atoms with Gasteiger partial charge in [-0.05, 0) is 42.2 Å². The molecule has 0 aliphatic carbocycles. The number of nitrogens with zero attached hydrogens (tertiary/aromatic N) is 1. The van der Waals surface area contributed by atoms with Gasteiger partial charge in [-0.25, -0.2) is 4.98 Å². The molecule has 1 aliphatic rings. The smallest absolute Gasteiger partial charge is 0.257 e. The Labute approximate surface area is 165 Å². The number of hydrogen-bond acceptors (Lipinski definition) is 6. The van der Waals surface area contributed by atoms with Gasteiger partial charge in [0.05, 0.1) is 5.69 Å². The number of thiazole rings is 1. The van der Waals surface area contributed by atoms with Crippen molar-refractivity contribution in [3.8, 4) is 22.8 Å². The van der Waals surface area contributed by atoms with Gasteiger partial charge in [-0.1, -0.05) is 12.1 Å². The molecule has 1 aromatic heterocycles. The highest BCUT2D eigenvalue weighted by atomic mass is 32.2. The predicted molar refractivity (Wildman–Crippen MR) is 110 cm³/mol. The molecule has 0 saturated carbocycles. The molecule has 2 aromatic carbocycles. The van der Waals surface area contributed by atoms with Gasteiger partial charge >= 0.3 is 0 Å². The average Bonchev–Trinajstić information content (AvgIpc) is 3.17. The summed E-state index contributed by atoms with van der Waals surface area (Å²) in [4.78, 5) is 17.0. The Bertz CT molecular complexity index is 954. The van der Waals surface area contributed by atoms with Crippen LogP contribution in [0.2, 0.25) is 0 Å². The van der Waals surface area contributed by atoms with E-state index in [4.69, 9.17) is 9.47 Å². The van der Waals surface area contributed by atoms with E-state index < -0.39 is 0 Å². The topological polar surface area (TPSA) is 60.5 Å². The van der Waals surface area contributed by atoms with Gasteiger partial charge < -0.3 is 9.47 Å². The van der Waals surface area contributed by atoms with E-state index in [1.165, 1.54) is 16.9 Å². The number of carbonyl (C=O) groups is 1. The highest BCUT2D eigenvalue weighted by molar-refractivity contribution is 7.97. The quantitative estimate of drug-likeness (QED) is 0.675. The minimum Gasteiger partial charge on any atom is -0.486 e. The van der Waals surface area contributed by atoms with Gasteiger partial charge in [-0.15, -0.1) is 11.3 Å². The number of nitrogens with one attached hydrogen (secondary N) is 1. The van der Waals surface area contributed by atoms with Gasteiger partial charge in [0, 0.05) is 22.3 Å². The molecule has 1 N–H and O–H groups in total. The first-order valence-electron chi connectivity index (χ1n) is 8.48. The van der Waals surface area contributed by atoms with Crippen molar-refractivity contribution in [3.63, 3.8) is 0 Å². The lowest BCUT2D eigenvalue weighted by atomic mass is 10.1. The molecule has 7 heteroatoms. The van der Waals surface area contributed by atoms with Crippen molar-refractivity contribution in [3.05, 3.63) is 59.0 Å². The van der Waals surface area contributed by atoms with E-state index in [1.54, 1.807) is 11.8 Å².